The normalized spacial score (nSPS) is 8.00. The smallest absolute Gasteiger partial charge is 0.342 e. The van der Waals surface area contributed by atoms with E-state index in [1.165, 1.54) is 12.3 Å². The molecule has 49 valence electrons. The Morgan fingerprint density at radius 3 is 2.67 bits per heavy atom. The molecule has 1 heterocycles. The Labute approximate surface area is 64.3 Å². The van der Waals surface area contributed by atoms with E-state index < -0.39 is 4.92 Å². The van der Waals surface area contributed by atoms with E-state index in [0.29, 0.717) is 0 Å². The van der Waals surface area contributed by atoms with Gasteiger partial charge in [0.05, 0.1) is 12.3 Å². The Hall–Kier alpha value is -0.728. The molecule has 6 heteroatoms. The number of rotatable bonds is 1. The number of nitro groups is 1. The summed E-state index contributed by atoms with van der Waals surface area (Å²) in [7, 11) is 0. The third kappa shape index (κ3) is 1.92. The van der Waals surface area contributed by atoms with E-state index in [1.54, 1.807) is 0 Å². The Bertz CT molecular complexity index is 185. The molecule has 1 aromatic heterocycles. The standard InChI is InChI=1S/C3H3N3O2.Re/c7-6(8)3-1-2-4-5-3;/h1-2H,(H,4,5);. The molecule has 0 saturated carbocycles. The van der Waals surface area contributed by atoms with Crippen LogP contribution in [0.2, 0.25) is 0 Å². The first-order chi connectivity index (χ1) is 3.80. The van der Waals surface area contributed by atoms with Gasteiger partial charge in [0.15, 0.2) is 0 Å². The van der Waals surface area contributed by atoms with Gasteiger partial charge >= 0.3 is 5.82 Å². The molecule has 0 unspecified atom stereocenters. The first-order valence-corrected chi connectivity index (χ1v) is 1.94. The van der Waals surface area contributed by atoms with Crippen LogP contribution < -0.4 is 0 Å². The minimum atomic E-state index is -0.535. The summed E-state index contributed by atoms with van der Waals surface area (Å²) in [6.07, 6.45) is 1.33. The zero-order chi connectivity index (χ0) is 5.98. The summed E-state index contributed by atoms with van der Waals surface area (Å²) >= 11 is 0. The van der Waals surface area contributed by atoms with Crippen molar-refractivity contribution < 1.29 is 25.3 Å². The molecule has 1 aromatic rings. The van der Waals surface area contributed by atoms with Crippen molar-refractivity contribution in [3.8, 4) is 0 Å². The van der Waals surface area contributed by atoms with Crippen LogP contribution in [0.15, 0.2) is 12.3 Å². The zero-order valence-corrected chi connectivity index (χ0v) is 6.96. The number of nitrogens with one attached hydrogen (secondary N) is 1. The van der Waals surface area contributed by atoms with Gasteiger partial charge in [-0.3, -0.25) is 0 Å². The largest absolute Gasteiger partial charge is 0.358 e. The fraction of sp³-hybridized carbons (Fsp3) is 0. The molecule has 0 aromatic carbocycles. The minimum Gasteiger partial charge on any atom is -0.358 e. The van der Waals surface area contributed by atoms with Crippen LogP contribution in [0, 0.1) is 10.1 Å². The molecule has 0 spiro atoms. The fourth-order valence-corrected chi connectivity index (χ4v) is 0.350. The van der Waals surface area contributed by atoms with E-state index >= 15 is 0 Å². The Kier molecular flexibility index (Phi) is 3.06. The second-order valence-electron chi connectivity index (χ2n) is 1.20. The van der Waals surface area contributed by atoms with Gasteiger partial charge in [-0.05, 0) is 4.92 Å². The van der Waals surface area contributed by atoms with Crippen molar-refractivity contribution in [2.75, 3.05) is 0 Å². The summed E-state index contributed by atoms with van der Waals surface area (Å²) < 4.78 is 0. The molecule has 0 bridgehead atoms. The average molecular weight is 299 g/mol. The average Bonchev–Trinajstić information content (AvgIpc) is 2.12. The van der Waals surface area contributed by atoms with Crippen molar-refractivity contribution >= 4 is 5.82 Å². The van der Waals surface area contributed by atoms with Crippen molar-refractivity contribution in [2.45, 2.75) is 0 Å². The molecular weight excluding hydrogens is 296 g/mol. The van der Waals surface area contributed by atoms with E-state index in [0.717, 1.165) is 0 Å². The van der Waals surface area contributed by atoms with Gasteiger partial charge in [-0.1, -0.05) is 5.10 Å². The summed E-state index contributed by atoms with van der Waals surface area (Å²) in [6.45, 7) is 0. The summed E-state index contributed by atoms with van der Waals surface area (Å²) in [4.78, 5) is 9.26. The topological polar surface area (TPSA) is 71.8 Å². The molecule has 1 rings (SSSR count). The van der Waals surface area contributed by atoms with Crippen LogP contribution in [0.1, 0.15) is 0 Å². The molecule has 0 aliphatic heterocycles. The summed E-state index contributed by atoms with van der Waals surface area (Å²) in [6, 6.07) is 1.29. The number of nitrogens with zero attached hydrogens (tertiary/aromatic N) is 2. The van der Waals surface area contributed by atoms with Gasteiger partial charge in [-0.2, -0.15) is 0 Å². The molecule has 0 saturated heterocycles. The summed E-state index contributed by atoms with van der Waals surface area (Å²) in [5.41, 5.74) is 0. The van der Waals surface area contributed by atoms with Gasteiger partial charge in [0, 0.05) is 20.4 Å². The third-order valence-electron chi connectivity index (χ3n) is 0.683. The van der Waals surface area contributed by atoms with E-state index in [9.17, 15) is 10.1 Å². The predicted octanol–water partition coefficient (Wildman–Crippen LogP) is 0.315. The second-order valence-corrected chi connectivity index (χ2v) is 1.20. The van der Waals surface area contributed by atoms with Gasteiger partial charge in [0.2, 0.25) is 0 Å². The van der Waals surface area contributed by atoms with Gasteiger partial charge in [0.1, 0.15) is 0 Å². The number of aromatic nitrogens is 2. The molecule has 0 atom stereocenters. The maximum absolute atomic E-state index is 9.80. The summed E-state index contributed by atoms with van der Waals surface area (Å²) in [5.74, 6) is -0.0787. The van der Waals surface area contributed by atoms with E-state index in [4.69, 9.17) is 0 Å². The van der Waals surface area contributed by atoms with Crippen molar-refractivity contribution in [1.82, 2.24) is 10.2 Å². The monoisotopic (exact) mass is 300 g/mol. The molecule has 0 amide bonds. The fourth-order valence-electron chi connectivity index (χ4n) is 0.350. The van der Waals surface area contributed by atoms with Crippen molar-refractivity contribution in [3.05, 3.63) is 22.4 Å². The van der Waals surface area contributed by atoms with Crippen molar-refractivity contribution in [3.63, 3.8) is 0 Å². The molecule has 0 aliphatic carbocycles. The second kappa shape index (κ2) is 3.33. The SMILES string of the molecule is O=[N+]([O-])c1ccn[nH]1.[Re]. The van der Waals surface area contributed by atoms with Crippen LogP contribution in [0.25, 0.3) is 0 Å². The first kappa shape index (κ1) is 8.27. The van der Waals surface area contributed by atoms with Gasteiger partial charge < -0.3 is 10.1 Å². The number of H-pyrrole nitrogens is 1. The third-order valence-corrected chi connectivity index (χ3v) is 0.683. The van der Waals surface area contributed by atoms with Crippen LogP contribution >= 0.6 is 0 Å². The Morgan fingerprint density at radius 1 is 1.78 bits per heavy atom. The van der Waals surface area contributed by atoms with E-state index in [1.807, 2.05) is 0 Å². The van der Waals surface area contributed by atoms with Gasteiger partial charge in [-0.25, -0.2) is 0 Å². The van der Waals surface area contributed by atoms with Gasteiger partial charge in [0.25, 0.3) is 0 Å². The van der Waals surface area contributed by atoms with Crippen molar-refractivity contribution in [2.24, 2.45) is 0 Å². The molecule has 0 aliphatic rings. The maximum atomic E-state index is 9.80. The van der Waals surface area contributed by atoms with Crippen molar-refractivity contribution in [1.29, 1.82) is 0 Å². The first-order valence-electron chi connectivity index (χ1n) is 1.94. The Balaban J connectivity index is 0.000000640. The number of aromatic amines is 1. The predicted molar refractivity (Wildman–Crippen MR) is 25.2 cm³/mol. The summed E-state index contributed by atoms with van der Waals surface area (Å²) in [5, 5.41) is 15.4. The number of hydrogen-bond acceptors (Lipinski definition) is 3. The van der Waals surface area contributed by atoms with E-state index in [2.05, 4.69) is 10.2 Å². The minimum absolute atomic E-state index is 0. The zero-order valence-electron chi connectivity index (χ0n) is 4.24. The van der Waals surface area contributed by atoms with Crippen LogP contribution in [-0.2, 0) is 20.4 Å². The molecule has 9 heavy (non-hydrogen) atoms. The van der Waals surface area contributed by atoms with E-state index in [-0.39, 0.29) is 26.2 Å². The molecule has 0 fully saturated rings. The quantitative estimate of drug-likeness (QED) is 0.599. The van der Waals surface area contributed by atoms with Crippen LogP contribution in [-0.4, -0.2) is 15.1 Å². The number of hydrogen-bond donors (Lipinski definition) is 1. The molecule has 1 radical (unpaired) electrons. The maximum Gasteiger partial charge on any atom is 0.342 e. The molecular formula is C3H3N3O2Re. The van der Waals surface area contributed by atoms with Crippen LogP contribution in [0.3, 0.4) is 0 Å². The Morgan fingerprint density at radius 2 is 2.44 bits per heavy atom. The molecule has 1 N–H and O–H groups in total. The van der Waals surface area contributed by atoms with Crippen LogP contribution in [0.5, 0.6) is 0 Å². The van der Waals surface area contributed by atoms with Gasteiger partial charge in [-0.15, -0.1) is 5.10 Å². The van der Waals surface area contributed by atoms with Crippen LogP contribution in [0.4, 0.5) is 5.82 Å². The molecule has 5 nitrogen and oxygen atoms in total.